The summed E-state index contributed by atoms with van der Waals surface area (Å²) < 4.78 is 0. The van der Waals surface area contributed by atoms with Gasteiger partial charge in [0.15, 0.2) is 5.65 Å². The predicted molar refractivity (Wildman–Crippen MR) is 44.3 cm³/mol. The van der Waals surface area contributed by atoms with Gasteiger partial charge in [0.2, 0.25) is 0 Å². The van der Waals surface area contributed by atoms with E-state index in [9.17, 15) is 0 Å². The van der Waals surface area contributed by atoms with Crippen molar-refractivity contribution < 1.29 is 0 Å². The SMILES string of the molecule is BrCc1ncnc2nc[nH]c12. The van der Waals surface area contributed by atoms with E-state index >= 15 is 0 Å². The van der Waals surface area contributed by atoms with Gasteiger partial charge in [-0.3, -0.25) is 0 Å². The van der Waals surface area contributed by atoms with Crippen molar-refractivity contribution in [3.8, 4) is 0 Å². The van der Waals surface area contributed by atoms with E-state index in [2.05, 4.69) is 35.9 Å². The van der Waals surface area contributed by atoms with Crippen molar-refractivity contribution in [1.82, 2.24) is 19.9 Å². The molecule has 0 bridgehead atoms. The second-order valence-corrected chi connectivity index (χ2v) is 2.62. The van der Waals surface area contributed by atoms with Gasteiger partial charge in [-0.05, 0) is 0 Å². The molecular weight excluding hydrogens is 208 g/mol. The van der Waals surface area contributed by atoms with Gasteiger partial charge in [-0.25, -0.2) is 15.0 Å². The molecule has 0 aliphatic carbocycles. The van der Waals surface area contributed by atoms with E-state index in [1.54, 1.807) is 6.33 Å². The zero-order valence-electron chi connectivity index (χ0n) is 5.58. The van der Waals surface area contributed by atoms with Crippen molar-refractivity contribution in [2.75, 3.05) is 0 Å². The van der Waals surface area contributed by atoms with Crippen molar-refractivity contribution in [1.29, 1.82) is 0 Å². The van der Waals surface area contributed by atoms with Crippen LogP contribution in [0.1, 0.15) is 5.69 Å². The summed E-state index contributed by atoms with van der Waals surface area (Å²) >= 11 is 3.33. The number of fused-ring (bicyclic) bond motifs is 1. The number of halogens is 1. The molecule has 0 aliphatic rings. The first-order valence-corrected chi connectivity index (χ1v) is 4.23. The van der Waals surface area contributed by atoms with Crippen LogP contribution < -0.4 is 0 Å². The number of hydrogen-bond donors (Lipinski definition) is 1. The van der Waals surface area contributed by atoms with Crippen LogP contribution in [0, 0.1) is 0 Å². The average Bonchev–Trinajstić information content (AvgIpc) is 2.50. The van der Waals surface area contributed by atoms with Crippen LogP contribution in [0.2, 0.25) is 0 Å². The summed E-state index contributed by atoms with van der Waals surface area (Å²) in [6, 6.07) is 0. The first-order valence-electron chi connectivity index (χ1n) is 3.10. The fourth-order valence-electron chi connectivity index (χ4n) is 0.916. The number of nitrogens with zero attached hydrogens (tertiary/aromatic N) is 3. The van der Waals surface area contributed by atoms with Gasteiger partial charge >= 0.3 is 0 Å². The number of alkyl halides is 1. The maximum Gasteiger partial charge on any atom is 0.180 e. The van der Waals surface area contributed by atoms with Crippen LogP contribution in [-0.2, 0) is 5.33 Å². The van der Waals surface area contributed by atoms with Crippen LogP contribution >= 0.6 is 15.9 Å². The topological polar surface area (TPSA) is 54.5 Å². The molecule has 0 saturated heterocycles. The number of aromatic nitrogens is 4. The highest BCUT2D eigenvalue weighted by atomic mass is 79.9. The molecule has 2 heterocycles. The second kappa shape index (κ2) is 2.58. The maximum absolute atomic E-state index is 4.07. The minimum absolute atomic E-state index is 0.716. The highest BCUT2D eigenvalue weighted by Crippen LogP contribution is 2.11. The van der Waals surface area contributed by atoms with E-state index in [0.717, 1.165) is 16.9 Å². The van der Waals surface area contributed by atoms with Gasteiger partial charge in [-0.2, -0.15) is 0 Å². The van der Waals surface area contributed by atoms with Gasteiger partial charge in [0.05, 0.1) is 12.0 Å². The first kappa shape index (κ1) is 6.72. The third-order valence-corrected chi connectivity index (χ3v) is 1.96. The molecule has 0 atom stereocenters. The van der Waals surface area contributed by atoms with Gasteiger partial charge < -0.3 is 4.98 Å². The molecular formula is C6H5BrN4. The summed E-state index contributed by atoms with van der Waals surface area (Å²) in [5.41, 5.74) is 2.56. The highest BCUT2D eigenvalue weighted by Gasteiger charge is 2.02. The molecule has 0 amide bonds. The lowest BCUT2D eigenvalue weighted by Gasteiger charge is -1.92. The number of nitrogens with one attached hydrogen (secondary N) is 1. The van der Waals surface area contributed by atoms with Crippen molar-refractivity contribution in [3.63, 3.8) is 0 Å². The molecule has 0 aromatic carbocycles. The van der Waals surface area contributed by atoms with Gasteiger partial charge in [-0.1, -0.05) is 15.9 Å². The third-order valence-electron chi connectivity index (χ3n) is 1.43. The molecule has 0 saturated carbocycles. The lowest BCUT2D eigenvalue weighted by atomic mass is 10.4. The van der Waals surface area contributed by atoms with Crippen LogP contribution in [0.3, 0.4) is 0 Å². The maximum atomic E-state index is 4.07. The summed E-state index contributed by atoms with van der Waals surface area (Å²) in [5, 5.41) is 0.716. The normalized spacial score (nSPS) is 10.6. The largest absolute Gasteiger partial charge is 0.342 e. The third kappa shape index (κ3) is 1.01. The molecule has 4 nitrogen and oxygen atoms in total. The van der Waals surface area contributed by atoms with E-state index < -0.39 is 0 Å². The number of aromatic amines is 1. The van der Waals surface area contributed by atoms with Crippen molar-refractivity contribution >= 4 is 27.1 Å². The van der Waals surface area contributed by atoms with Crippen molar-refractivity contribution in [3.05, 3.63) is 18.3 Å². The predicted octanol–water partition coefficient (Wildman–Crippen LogP) is 1.25. The minimum Gasteiger partial charge on any atom is -0.342 e. The zero-order chi connectivity index (χ0) is 7.68. The molecule has 56 valence electrons. The standard InChI is InChI=1S/C6H5BrN4/c7-1-4-5-6(10-2-8-4)11-3-9-5/h2-3H,1H2,(H,8,9,10,11). The lowest BCUT2D eigenvalue weighted by molar-refractivity contribution is 1.13. The minimum atomic E-state index is 0.716. The van der Waals surface area contributed by atoms with E-state index in [0.29, 0.717) is 5.33 Å². The lowest BCUT2D eigenvalue weighted by Crippen LogP contribution is -1.88. The Morgan fingerprint density at radius 1 is 1.36 bits per heavy atom. The second-order valence-electron chi connectivity index (χ2n) is 2.06. The van der Waals surface area contributed by atoms with Crippen LogP contribution in [0.4, 0.5) is 0 Å². The van der Waals surface area contributed by atoms with E-state index in [4.69, 9.17) is 0 Å². The number of H-pyrrole nitrogens is 1. The summed E-state index contributed by atoms with van der Waals surface area (Å²) in [7, 11) is 0. The Balaban J connectivity index is 2.79. The Kier molecular flexibility index (Phi) is 1.58. The Labute approximate surface area is 71.2 Å². The molecule has 0 unspecified atom stereocenters. The highest BCUT2D eigenvalue weighted by molar-refractivity contribution is 9.08. The fourth-order valence-corrected chi connectivity index (χ4v) is 1.34. The molecule has 5 heteroatoms. The number of rotatable bonds is 1. The van der Waals surface area contributed by atoms with E-state index in [-0.39, 0.29) is 0 Å². The molecule has 1 N–H and O–H groups in total. The molecule has 0 spiro atoms. The van der Waals surface area contributed by atoms with Gasteiger partial charge in [0.25, 0.3) is 0 Å². The van der Waals surface area contributed by atoms with Gasteiger partial charge in [-0.15, -0.1) is 0 Å². The zero-order valence-corrected chi connectivity index (χ0v) is 7.17. The summed E-state index contributed by atoms with van der Waals surface area (Å²) in [6.45, 7) is 0. The first-order chi connectivity index (χ1) is 5.42. The van der Waals surface area contributed by atoms with Crippen LogP contribution in [0.15, 0.2) is 12.7 Å². The Morgan fingerprint density at radius 2 is 2.27 bits per heavy atom. The van der Waals surface area contributed by atoms with Gasteiger partial charge in [0, 0.05) is 5.33 Å². The van der Waals surface area contributed by atoms with Crippen molar-refractivity contribution in [2.24, 2.45) is 0 Å². The monoisotopic (exact) mass is 212 g/mol. The number of imidazole rings is 1. The summed E-state index contributed by atoms with van der Waals surface area (Å²) in [4.78, 5) is 15.0. The van der Waals surface area contributed by atoms with Crippen LogP contribution in [-0.4, -0.2) is 19.9 Å². The Hall–Kier alpha value is -0.970. The Morgan fingerprint density at radius 3 is 3.09 bits per heavy atom. The molecule has 0 fully saturated rings. The molecule has 2 rings (SSSR count). The molecule has 0 aliphatic heterocycles. The van der Waals surface area contributed by atoms with Crippen LogP contribution in [0.5, 0.6) is 0 Å². The number of hydrogen-bond acceptors (Lipinski definition) is 3. The molecule has 2 aromatic rings. The summed E-state index contributed by atoms with van der Waals surface area (Å²) in [6.07, 6.45) is 3.13. The average molecular weight is 213 g/mol. The fraction of sp³-hybridized carbons (Fsp3) is 0.167. The Bertz CT molecular complexity index is 369. The van der Waals surface area contributed by atoms with Gasteiger partial charge in [0.1, 0.15) is 11.8 Å². The molecule has 2 aromatic heterocycles. The molecule has 11 heavy (non-hydrogen) atoms. The smallest absolute Gasteiger partial charge is 0.180 e. The van der Waals surface area contributed by atoms with E-state index in [1.807, 2.05) is 0 Å². The van der Waals surface area contributed by atoms with E-state index in [1.165, 1.54) is 6.33 Å². The summed E-state index contributed by atoms with van der Waals surface area (Å²) in [5.74, 6) is 0. The van der Waals surface area contributed by atoms with Crippen molar-refractivity contribution in [2.45, 2.75) is 5.33 Å². The quantitative estimate of drug-likeness (QED) is 0.725. The van der Waals surface area contributed by atoms with Crippen LogP contribution in [0.25, 0.3) is 11.2 Å². The molecule has 0 radical (unpaired) electrons.